The Morgan fingerprint density at radius 3 is 2.70 bits per heavy atom. The molecule has 3 aromatic rings. The summed E-state index contributed by atoms with van der Waals surface area (Å²) in [5, 5.41) is 2.94. The number of piperidine rings is 1. The van der Waals surface area contributed by atoms with Crippen LogP contribution in [0.2, 0.25) is 0 Å². The summed E-state index contributed by atoms with van der Waals surface area (Å²) in [5.41, 5.74) is 9.09. The van der Waals surface area contributed by atoms with Gasteiger partial charge < -0.3 is 16.0 Å². The summed E-state index contributed by atoms with van der Waals surface area (Å²) >= 11 is 1.61. The van der Waals surface area contributed by atoms with E-state index in [9.17, 15) is 9.59 Å². The molecule has 0 atom stereocenters. The van der Waals surface area contributed by atoms with Gasteiger partial charge in [0.2, 0.25) is 11.8 Å². The van der Waals surface area contributed by atoms with E-state index in [1.54, 1.807) is 29.5 Å². The number of anilines is 2. The van der Waals surface area contributed by atoms with Crippen molar-refractivity contribution in [1.82, 2.24) is 9.38 Å². The molecular formula is C22H25N5O2S. The topological polar surface area (TPSA) is 92.7 Å². The number of amides is 2. The predicted octanol–water partition coefficient (Wildman–Crippen LogP) is 3.75. The van der Waals surface area contributed by atoms with Gasteiger partial charge >= 0.3 is 0 Å². The second-order valence-corrected chi connectivity index (χ2v) is 8.76. The van der Waals surface area contributed by atoms with Crippen molar-refractivity contribution in [3.63, 3.8) is 0 Å². The monoisotopic (exact) mass is 423 g/mol. The lowest BCUT2D eigenvalue weighted by Gasteiger charge is -2.30. The zero-order chi connectivity index (χ0) is 21.3. The molecular weight excluding hydrogens is 398 g/mol. The van der Waals surface area contributed by atoms with Crippen molar-refractivity contribution in [2.75, 3.05) is 23.3 Å². The van der Waals surface area contributed by atoms with Crippen LogP contribution < -0.4 is 16.0 Å². The number of primary amides is 1. The summed E-state index contributed by atoms with van der Waals surface area (Å²) < 4.78 is 1.99. The molecule has 0 bridgehead atoms. The van der Waals surface area contributed by atoms with Gasteiger partial charge in [-0.25, -0.2) is 4.98 Å². The minimum Gasteiger partial charge on any atom is -0.370 e. The van der Waals surface area contributed by atoms with Crippen molar-refractivity contribution in [2.24, 2.45) is 5.73 Å². The van der Waals surface area contributed by atoms with Crippen molar-refractivity contribution >= 4 is 45.6 Å². The largest absolute Gasteiger partial charge is 0.370 e. The average molecular weight is 424 g/mol. The molecule has 30 heavy (non-hydrogen) atoms. The van der Waals surface area contributed by atoms with Crippen LogP contribution in [0, 0.1) is 13.8 Å². The standard InChI is InChI=1S/C22H25N5O2S/c1-14-13-27-18(15(2)24-22(27)30-14)8-9-20(28)25-17-12-16(21(23)29)6-7-19(17)26-10-4-3-5-11-26/h6-9,12-13H,3-5,10-11H2,1-2H3,(H2,23,29)(H,25,28)/b9-8+. The fraction of sp³-hybridized carbons (Fsp3) is 0.318. The maximum atomic E-state index is 12.7. The van der Waals surface area contributed by atoms with E-state index in [-0.39, 0.29) is 5.91 Å². The second-order valence-electron chi connectivity index (χ2n) is 7.54. The van der Waals surface area contributed by atoms with Crippen LogP contribution in [-0.4, -0.2) is 34.3 Å². The molecule has 0 saturated carbocycles. The van der Waals surface area contributed by atoms with E-state index in [2.05, 4.69) is 15.2 Å². The lowest BCUT2D eigenvalue weighted by atomic mass is 10.1. The van der Waals surface area contributed by atoms with Crippen molar-refractivity contribution in [1.29, 1.82) is 0 Å². The number of benzene rings is 1. The van der Waals surface area contributed by atoms with Gasteiger partial charge in [-0.15, -0.1) is 11.3 Å². The minimum absolute atomic E-state index is 0.267. The quantitative estimate of drug-likeness (QED) is 0.611. The van der Waals surface area contributed by atoms with E-state index in [0.717, 1.165) is 52.8 Å². The molecule has 0 radical (unpaired) electrons. The summed E-state index contributed by atoms with van der Waals surface area (Å²) in [6.45, 7) is 5.82. The lowest BCUT2D eigenvalue weighted by molar-refractivity contribution is -0.111. The molecule has 7 nitrogen and oxygen atoms in total. The van der Waals surface area contributed by atoms with Gasteiger partial charge in [0, 0.05) is 35.8 Å². The maximum absolute atomic E-state index is 12.7. The van der Waals surface area contributed by atoms with Crippen LogP contribution in [-0.2, 0) is 4.79 Å². The number of carbonyl (C=O) groups is 2. The summed E-state index contributed by atoms with van der Waals surface area (Å²) in [5.74, 6) is -0.785. The molecule has 0 spiro atoms. The third-order valence-electron chi connectivity index (χ3n) is 5.29. The van der Waals surface area contributed by atoms with Gasteiger partial charge in [0.1, 0.15) is 0 Å². The van der Waals surface area contributed by atoms with Crippen LogP contribution in [0.25, 0.3) is 11.0 Å². The lowest BCUT2D eigenvalue weighted by Crippen LogP contribution is -2.30. The highest BCUT2D eigenvalue weighted by Gasteiger charge is 2.17. The van der Waals surface area contributed by atoms with E-state index < -0.39 is 5.91 Å². The Morgan fingerprint density at radius 1 is 1.20 bits per heavy atom. The number of aromatic nitrogens is 2. The van der Waals surface area contributed by atoms with Gasteiger partial charge in [0.15, 0.2) is 4.96 Å². The number of nitrogens with one attached hydrogen (secondary N) is 1. The molecule has 1 aromatic carbocycles. The summed E-state index contributed by atoms with van der Waals surface area (Å²) in [6.07, 6.45) is 8.72. The number of fused-ring (bicyclic) bond motifs is 1. The first-order valence-corrected chi connectivity index (χ1v) is 10.9. The number of rotatable bonds is 5. The Balaban J connectivity index is 1.59. The number of hydrogen-bond acceptors (Lipinski definition) is 5. The normalized spacial score (nSPS) is 14.5. The molecule has 3 heterocycles. The van der Waals surface area contributed by atoms with Crippen molar-refractivity contribution in [3.8, 4) is 0 Å². The van der Waals surface area contributed by atoms with Crippen LogP contribution in [0.1, 0.15) is 45.9 Å². The fourth-order valence-corrected chi connectivity index (χ4v) is 4.69. The zero-order valence-corrected chi connectivity index (χ0v) is 18.0. The Bertz CT molecular complexity index is 1140. The highest BCUT2D eigenvalue weighted by molar-refractivity contribution is 7.17. The zero-order valence-electron chi connectivity index (χ0n) is 17.1. The fourth-order valence-electron chi connectivity index (χ4n) is 3.81. The first-order valence-electron chi connectivity index (χ1n) is 10.1. The van der Waals surface area contributed by atoms with Crippen LogP contribution >= 0.6 is 11.3 Å². The Hall–Kier alpha value is -3.13. The number of carbonyl (C=O) groups excluding carboxylic acids is 2. The highest BCUT2D eigenvalue weighted by atomic mass is 32.1. The van der Waals surface area contributed by atoms with Crippen molar-refractivity contribution < 1.29 is 9.59 Å². The highest BCUT2D eigenvalue weighted by Crippen LogP contribution is 2.30. The van der Waals surface area contributed by atoms with Gasteiger partial charge in [0.05, 0.1) is 22.8 Å². The predicted molar refractivity (Wildman–Crippen MR) is 121 cm³/mol. The smallest absolute Gasteiger partial charge is 0.248 e. The molecule has 4 rings (SSSR count). The number of imidazole rings is 1. The molecule has 0 unspecified atom stereocenters. The van der Waals surface area contributed by atoms with Crippen molar-refractivity contribution in [3.05, 3.63) is 52.3 Å². The Kier molecular flexibility index (Phi) is 5.59. The number of nitrogens with two attached hydrogens (primary N) is 1. The molecule has 8 heteroatoms. The molecule has 1 saturated heterocycles. The number of aryl methyl sites for hydroxylation is 2. The SMILES string of the molecule is Cc1cn2c(/C=C/C(=O)Nc3cc(C(N)=O)ccc3N3CCCCC3)c(C)nc2s1. The first kappa shape index (κ1) is 20.2. The Labute approximate surface area is 179 Å². The van der Waals surface area contributed by atoms with E-state index in [4.69, 9.17) is 5.73 Å². The number of hydrogen-bond donors (Lipinski definition) is 2. The molecule has 3 N–H and O–H groups in total. The van der Waals surface area contributed by atoms with Crippen LogP contribution in [0.5, 0.6) is 0 Å². The number of thiazole rings is 1. The number of nitrogens with zero attached hydrogens (tertiary/aromatic N) is 3. The summed E-state index contributed by atoms with van der Waals surface area (Å²) in [6, 6.07) is 5.23. The van der Waals surface area contributed by atoms with Gasteiger partial charge in [-0.05, 0) is 57.4 Å². The third kappa shape index (κ3) is 4.09. The second kappa shape index (κ2) is 8.31. The van der Waals surface area contributed by atoms with E-state index in [0.29, 0.717) is 11.3 Å². The van der Waals surface area contributed by atoms with Crippen LogP contribution in [0.3, 0.4) is 0 Å². The summed E-state index contributed by atoms with van der Waals surface area (Å²) in [4.78, 5) is 33.2. The Morgan fingerprint density at radius 2 is 1.97 bits per heavy atom. The van der Waals surface area contributed by atoms with Gasteiger partial charge in [0.25, 0.3) is 0 Å². The molecule has 2 amide bonds. The van der Waals surface area contributed by atoms with E-state index in [1.807, 2.05) is 30.5 Å². The first-order chi connectivity index (χ1) is 14.4. The van der Waals surface area contributed by atoms with Gasteiger partial charge in [-0.1, -0.05) is 0 Å². The van der Waals surface area contributed by atoms with Gasteiger partial charge in [-0.2, -0.15) is 0 Å². The van der Waals surface area contributed by atoms with E-state index >= 15 is 0 Å². The van der Waals surface area contributed by atoms with Gasteiger partial charge in [-0.3, -0.25) is 14.0 Å². The summed E-state index contributed by atoms with van der Waals surface area (Å²) in [7, 11) is 0. The third-order valence-corrected chi connectivity index (χ3v) is 6.19. The molecule has 156 valence electrons. The van der Waals surface area contributed by atoms with E-state index in [1.165, 1.54) is 12.5 Å². The minimum atomic E-state index is -0.517. The molecule has 2 aromatic heterocycles. The molecule has 0 aliphatic carbocycles. The average Bonchev–Trinajstić information content (AvgIpc) is 3.21. The van der Waals surface area contributed by atoms with Crippen molar-refractivity contribution in [2.45, 2.75) is 33.1 Å². The molecule has 1 fully saturated rings. The maximum Gasteiger partial charge on any atom is 0.248 e. The van der Waals surface area contributed by atoms with Crippen LogP contribution in [0.15, 0.2) is 30.5 Å². The molecule has 1 aliphatic heterocycles. The van der Waals surface area contributed by atoms with Crippen LogP contribution in [0.4, 0.5) is 11.4 Å². The molecule has 1 aliphatic rings.